The quantitative estimate of drug-likeness (QED) is 0.908. The standard InChI is InChI=1S/C15H21NO3S/c17-15-9-5-4-6-13(15)12-16(11-10-15)20(18,19)14-7-2-1-3-8-14/h1-3,7-8,13,17H,4-6,9-12H2. The third-order valence-electron chi connectivity index (χ3n) is 4.77. The lowest BCUT2D eigenvalue weighted by molar-refractivity contribution is -0.0816. The molecule has 0 radical (unpaired) electrons. The summed E-state index contributed by atoms with van der Waals surface area (Å²) in [6, 6.07) is 8.57. The van der Waals surface area contributed by atoms with Crippen molar-refractivity contribution in [2.75, 3.05) is 13.1 Å². The molecule has 2 aliphatic rings. The van der Waals surface area contributed by atoms with Gasteiger partial charge in [-0.2, -0.15) is 4.31 Å². The monoisotopic (exact) mass is 295 g/mol. The van der Waals surface area contributed by atoms with Gasteiger partial charge in [0, 0.05) is 19.0 Å². The molecule has 1 aromatic rings. The fraction of sp³-hybridized carbons (Fsp3) is 0.600. The van der Waals surface area contributed by atoms with Crippen LogP contribution in [0.25, 0.3) is 0 Å². The zero-order valence-corrected chi connectivity index (χ0v) is 12.3. The van der Waals surface area contributed by atoms with Gasteiger partial charge in [0.25, 0.3) is 0 Å². The van der Waals surface area contributed by atoms with Gasteiger partial charge in [-0.15, -0.1) is 0 Å². The zero-order valence-electron chi connectivity index (χ0n) is 11.5. The summed E-state index contributed by atoms with van der Waals surface area (Å²) in [5.41, 5.74) is -0.638. The molecule has 1 heterocycles. The maximum absolute atomic E-state index is 12.6. The summed E-state index contributed by atoms with van der Waals surface area (Å²) in [7, 11) is -3.42. The van der Waals surface area contributed by atoms with Gasteiger partial charge in [0.15, 0.2) is 0 Å². The number of nitrogens with zero attached hydrogens (tertiary/aromatic N) is 1. The Hall–Kier alpha value is -0.910. The van der Waals surface area contributed by atoms with Gasteiger partial charge < -0.3 is 5.11 Å². The summed E-state index contributed by atoms with van der Waals surface area (Å²) >= 11 is 0. The minimum atomic E-state index is -3.42. The van der Waals surface area contributed by atoms with Gasteiger partial charge in [-0.3, -0.25) is 0 Å². The van der Waals surface area contributed by atoms with Gasteiger partial charge >= 0.3 is 0 Å². The number of hydrogen-bond donors (Lipinski definition) is 1. The van der Waals surface area contributed by atoms with Crippen LogP contribution in [0.5, 0.6) is 0 Å². The number of rotatable bonds is 2. The molecule has 5 heteroatoms. The molecular formula is C15H21NO3S. The van der Waals surface area contributed by atoms with Crippen molar-refractivity contribution in [1.29, 1.82) is 0 Å². The smallest absolute Gasteiger partial charge is 0.243 e. The van der Waals surface area contributed by atoms with Crippen LogP contribution in [0.4, 0.5) is 0 Å². The van der Waals surface area contributed by atoms with Crippen molar-refractivity contribution in [2.45, 2.75) is 42.6 Å². The van der Waals surface area contributed by atoms with Crippen LogP contribution in [0.1, 0.15) is 32.1 Å². The SMILES string of the molecule is O=S(=O)(c1ccccc1)N1CCC2(O)CCCCC2C1. The Bertz CT molecular complexity index is 572. The molecule has 4 nitrogen and oxygen atoms in total. The Balaban J connectivity index is 1.83. The Morgan fingerprint density at radius 3 is 2.65 bits per heavy atom. The second-order valence-corrected chi connectivity index (χ2v) is 7.91. The van der Waals surface area contributed by atoms with Crippen molar-refractivity contribution < 1.29 is 13.5 Å². The van der Waals surface area contributed by atoms with E-state index in [1.807, 2.05) is 6.07 Å². The average molecular weight is 295 g/mol. The van der Waals surface area contributed by atoms with Crippen LogP contribution in [0.2, 0.25) is 0 Å². The van der Waals surface area contributed by atoms with Crippen molar-refractivity contribution in [2.24, 2.45) is 5.92 Å². The zero-order chi connectivity index (χ0) is 14.2. The first-order chi connectivity index (χ1) is 9.52. The summed E-state index contributed by atoms with van der Waals surface area (Å²) in [5.74, 6) is 0.0866. The molecule has 3 rings (SSSR count). The molecule has 2 atom stereocenters. The van der Waals surface area contributed by atoms with E-state index in [2.05, 4.69) is 0 Å². The van der Waals surface area contributed by atoms with Crippen LogP contribution in [-0.4, -0.2) is 36.5 Å². The lowest BCUT2D eigenvalue weighted by Crippen LogP contribution is -2.54. The van der Waals surface area contributed by atoms with Crippen molar-refractivity contribution >= 4 is 10.0 Å². The number of sulfonamides is 1. The molecule has 1 aromatic carbocycles. The van der Waals surface area contributed by atoms with E-state index in [4.69, 9.17) is 0 Å². The highest BCUT2D eigenvalue weighted by atomic mass is 32.2. The summed E-state index contributed by atoms with van der Waals surface area (Å²) in [4.78, 5) is 0.348. The largest absolute Gasteiger partial charge is 0.390 e. The molecule has 2 unspecified atom stereocenters. The molecule has 1 aliphatic carbocycles. The third-order valence-corrected chi connectivity index (χ3v) is 6.65. The first kappa shape index (κ1) is 14.0. The van der Waals surface area contributed by atoms with Crippen molar-refractivity contribution in [3.63, 3.8) is 0 Å². The molecule has 1 aliphatic heterocycles. The third kappa shape index (κ3) is 2.38. The summed E-state index contributed by atoms with van der Waals surface area (Å²) in [5, 5.41) is 10.6. The number of aliphatic hydroxyl groups is 1. The van der Waals surface area contributed by atoms with Gasteiger partial charge in [0.05, 0.1) is 10.5 Å². The number of piperidine rings is 1. The first-order valence-electron chi connectivity index (χ1n) is 7.30. The summed E-state index contributed by atoms with van der Waals surface area (Å²) in [6.45, 7) is 0.873. The van der Waals surface area contributed by atoms with Gasteiger partial charge in [-0.05, 0) is 31.4 Å². The van der Waals surface area contributed by atoms with Crippen molar-refractivity contribution in [3.05, 3.63) is 30.3 Å². The number of fused-ring (bicyclic) bond motifs is 1. The minimum absolute atomic E-state index is 0.0866. The summed E-state index contributed by atoms with van der Waals surface area (Å²) < 4.78 is 26.8. The fourth-order valence-electron chi connectivity index (χ4n) is 3.50. The molecule has 110 valence electrons. The van der Waals surface area contributed by atoms with Crippen LogP contribution < -0.4 is 0 Å². The molecule has 2 fully saturated rings. The highest BCUT2D eigenvalue weighted by molar-refractivity contribution is 7.89. The van der Waals surface area contributed by atoms with Crippen LogP contribution in [-0.2, 0) is 10.0 Å². The normalized spacial score (nSPS) is 31.8. The van der Waals surface area contributed by atoms with Crippen molar-refractivity contribution in [1.82, 2.24) is 4.31 Å². The topological polar surface area (TPSA) is 57.6 Å². The predicted octanol–water partition coefficient (Wildman–Crippen LogP) is 2.00. The Kier molecular flexibility index (Phi) is 3.60. The Morgan fingerprint density at radius 1 is 1.15 bits per heavy atom. The maximum Gasteiger partial charge on any atom is 0.243 e. The van der Waals surface area contributed by atoms with Gasteiger partial charge in [-0.25, -0.2) is 8.42 Å². The Morgan fingerprint density at radius 2 is 1.90 bits per heavy atom. The van der Waals surface area contributed by atoms with E-state index in [0.717, 1.165) is 25.7 Å². The summed E-state index contributed by atoms with van der Waals surface area (Å²) in [6.07, 6.45) is 4.45. The van der Waals surface area contributed by atoms with Crippen LogP contribution in [0.3, 0.4) is 0 Å². The predicted molar refractivity (Wildman–Crippen MR) is 76.7 cm³/mol. The molecular weight excluding hydrogens is 274 g/mol. The van der Waals surface area contributed by atoms with E-state index < -0.39 is 15.6 Å². The second kappa shape index (κ2) is 5.13. The van der Waals surface area contributed by atoms with E-state index in [9.17, 15) is 13.5 Å². The minimum Gasteiger partial charge on any atom is -0.390 e. The average Bonchev–Trinajstić information content (AvgIpc) is 2.47. The molecule has 1 saturated heterocycles. The number of benzene rings is 1. The highest BCUT2D eigenvalue weighted by Crippen LogP contribution is 2.40. The van der Waals surface area contributed by atoms with Crippen LogP contribution >= 0.6 is 0 Å². The second-order valence-electron chi connectivity index (χ2n) is 5.97. The lowest BCUT2D eigenvalue weighted by atomic mass is 9.72. The van der Waals surface area contributed by atoms with Crippen LogP contribution in [0.15, 0.2) is 35.2 Å². The van der Waals surface area contributed by atoms with Crippen LogP contribution in [0, 0.1) is 5.92 Å². The molecule has 0 bridgehead atoms. The molecule has 0 aromatic heterocycles. The molecule has 0 spiro atoms. The Labute approximate surface area is 120 Å². The van der Waals surface area contributed by atoms with Crippen molar-refractivity contribution in [3.8, 4) is 0 Å². The van der Waals surface area contributed by atoms with E-state index in [0.29, 0.717) is 24.4 Å². The van der Waals surface area contributed by atoms with E-state index >= 15 is 0 Å². The van der Waals surface area contributed by atoms with Gasteiger partial charge in [0.2, 0.25) is 10.0 Å². The van der Waals surface area contributed by atoms with Gasteiger partial charge in [-0.1, -0.05) is 31.0 Å². The first-order valence-corrected chi connectivity index (χ1v) is 8.74. The fourth-order valence-corrected chi connectivity index (χ4v) is 5.01. The van der Waals surface area contributed by atoms with E-state index in [1.54, 1.807) is 28.6 Å². The van der Waals surface area contributed by atoms with E-state index in [1.165, 1.54) is 0 Å². The number of hydrogen-bond acceptors (Lipinski definition) is 3. The maximum atomic E-state index is 12.6. The molecule has 1 saturated carbocycles. The highest BCUT2D eigenvalue weighted by Gasteiger charge is 2.45. The molecule has 0 amide bonds. The van der Waals surface area contributed by atoms with Gasteiger partial charge in [0.1, 0.15) is 0 Å². The molecule has 20 heavy (non-hydrogen) atoms. The molecule has 1 N–H and O–H groups in total. The lowest BCUT2D eigenvalue weighted by Gasteiger charge is -2.46. The van der Waals surface area contributed by atoms with E-state index in [-0.39, 0.29) is 5.92 Å².